The molecule has 5 nitrogen and oxygen atoms in total. The Morgan fingerprint density at radius 2 is 1.97 bits per heavy atom. The van der Waals surface area contributed by atoms with Gasteiger partial charge >= 0.3 is 0 Å². The van der Waals surface area contributed by atoms with Crippen molar-refractivity contribution < 1.29 is 9.59 Å². The van der Waals surface area contributed by atoms with Crippen LogP contribution in [0.3, 0.4) is 0 Å². The second-order valence-electron chi connectivity index (χ2n) is 7.15. The van der Waals surface area contributed by atoms with Crippen molar-refractivity contribution in [3.8, 4) is 0 Å². The van der Waals surface area contributed by atoms with Crippen molar-refractivity contribution in [3.05, 3.63) is 61.9 Å². The summed E-state index contributed by atoms with van der Waals surface area (Å²) in [5.74, 6) is -0.643. The fourth-order valence-electron chi connectivity index (χ4n) is 3.77. The molecule has 0 radical (unpaired) electrons. The lowest BCUT2D eigenvalue weighted by Gasteiger charge is -2.23. The van der Waals surface area contributed by atoms with Gasteiger partial charge in [-0.2, -0.15) is 0 Å². The first kappa shape index (κ1) is 21.4. The van der Waals surface area contributed by atoms with Gasteiger partial charge in [0, 0.05) is 27.3 Å². The van der Waals surface area contributed by atoms with Gasteiger partial charge in [-0.05, 0) is 43.1 Å². The average molecular weight is 483 g/mol. The largest absolute Gasteiger partial charge is 0.368 e. The molecule has 2 heterocycles. The number of nitrogens with two attached hydrogens (primary N) is 1. The van der Waals surface area contributed by atoms with E-state index in [2.05, 4.69) is 5.32 Å². The van der Waals surface area contributed by atoms with E-state index in [0.29, 0.717) is 37.6 Å². The number of amides is 2. The summed E-state index contributed by atoms with van der Waals surface area (Å²) in [6.07, 6.45) is 1.67. The number of benzene rings is 2. The van der Waals surface area contributed by atoms with Crippen LogP contribution in [0, 0.1) is 0 Å². The second kappa shape index (κ2) is 8.73. The van der Waals surface area contributed by atoms with Crippen LogP contribution in [0.1, 0.15) is 28.1 Å². The van der Waals surface area contributed by atoms with E-state index in [1.807, 2.05) is 29.2 Å². The van der Waals surface area contributed by atoms with Gasteiger partial charge in [0.2, 0.25) is 5.91 Å². The first-order chi connectivity index (χ1) is 14.3. The first-order valence-corrected chi connectivity index (χ1v) is 11.3. The standard InChI is InChI=1S/C21H18Cl3N3O2S/c22-12-8-13(23)17-16(9-12)30-19(18(17)24)21(29)26-14-5-2-1-4-11(14)10-27-7-3-6-15(27)20(25)28/h1-2,4-5,8-9,15H,3,6-7,10H2,(H2,25,28)(H,26,29). The third-order valence-corrected chi connectivity index (χ3v) is 7.33. The third kappa shape index (κ3) is 4.15. The van der Waals surface area contributed by atoms with Crippen LogP contribution in [0.25, 0.3) is 10.1 Å². The fraction of sp³-hybridized carbons (Fsp3) is 0.238. The lowest BCUT2D eigenvalue weighted by atomic mass is 10.1. The normalized spacial score (nSPS) is 16.8. The molecule has 30 heavy (non-hydrogen) atoms. The Hall–Kier alpha value is -1.83. The highest BCUT2D eigenvalue weighted by atomic mass is 35.5. The minimum absolute atomic E-state index is 0.280. The van der Waals surface area contributed by atoms with Crippen LogP contribution in [0.5, 0.6) is 0 Å². The molecule has 1 aliphatic heterocycles. The van der Waals surface area contributed by atoms with Crippen molar-refractivity contribution in [2.75, 3.05) is 11.9 Å². The summed E-state index contributed by atoms with van der Waals surface area (Å²) in [5, 5.41) is 4.76. The molecule has 3 N–H and O–H groups in total. The maximum absolute atomic E-state index is 13.0. The van der Waals surface area contributed by atoms with Crippen molar-refractivity contribution in [1.82, 2.24) is 4.90 Å². The number of nitrogens with one attached hydrogen (secondary N) is 1. The molecule has 2 amide bonds. The molecule has 0 bridgehead atoms. The Balaban J connectivity index is 1.60. The number of para-hydroxylation sites is 1. The third-order valence-electron chi connectivity index (χ3n) is 5.19. The topological polar surface area (TPSA) is 75.4 Å². The zero-order valence-electron chi connectivity index (χ0n) is 15.8. The summed E-state index contributed by atoms with van der Waals surface area (Å²) < 4.78 is 0.748. The van der Waals surface area contributed by atoms with E-state index in [4.69, 9.17) is 40.5 Å². The summed E-state index contributed by atoms with van der Waals surface area (Å²) in [4.78, 5) is 27.1. The number of rotatable bonds is 5. The van der Waals surface area contributed by atoms with Crippen LogP contribution < -0.4 is 11.1 Å². The number of primary amides is 1. The predicted molar refractivity (Wildman–Crippen MR) is 124 cm³/mol. The molecule has 156 valence electrons. The molecule has 1 aliphatic rings. The van der Waals surface area contributed by atoms with Crippen molar-refractivity contribution in [3.63, 3.8) is 0 Å². The molecule has 9 heteroatoms. The number of anilines is 1. The van der Waals surface area contributed by atoms with Gasteiger partial charge in [0.05, 0.1) is 16.1 Å². The molecular formula is C21H18Cl3N3O2S. The number of hydrogen-bond donors (Lipinski definition) is 2. The predicted octanol–water partition coefficient (Wildman–Crippen LogP) is 5.56. The Kier molecular flexibility index (Phi) is 6.23. The number of carbonyl (C=O) groups is 2. The van der Waals surface area contributed by atoms with Crippen molar-refractivity contribution >= 4 is 73.7 Å². The van der Waals surface area contributed by atoms with E-state index in [-0.39, 0.29) is 17.9 Å². The van der Waals surface area contributed by atoms with Crippen LogP contribution in [0.2, 0.25) is 15.1 Å². The van der Waals surface area contributed by atoms with Crippen LogP contribution >= 0.6 is 46.1 Å². The second-order valence-corrected chi connectivity index (χ2v) is 9.42. The highest BCUT2D eigenvalue weighted by molar-refractivity contribution is 7.21. The molecule has 0 saturated carbocycles. The van der Waals surface area contributed by atoms with Crippen molar-refractivity contribution in [1.29, 1.82) is 0 Å². The molecule has 4 rings (SSSR count). The molecule has 1 aromatic heterocycles. The maximum Gasteiger partial charge on any atom is 0.267 e. The highest BCUT2D eigenvalue weighted by Crippen LogP contribution is 2.41. The number of thiophene rings is 1. The quantitative estimate of drug-likeness (QED) is 0.499. The number of nitrogens with zero attached hydrogens (tertiary/aromatic N) is 1. The molecule has 1 unspecified atom stereocenters. The zero-order chi connectivity index (χ0) is 21.4. The van der Waals surface area contributed by atoms with Gasteiger partial charge in [0.15, 0.2) is 0 Å². The molecule has 3 aromatic rings. The number of likely N-dealkylation sites (tertiary alicyclic amines) is 1. The van der Waals surface area contributed by atoms with Gasteiger partial charge in [-0.1, -0.05) is 53.0 Å². The van der Waals surface area contributed by atoms with Gasteiger partial charge in [0.25, 0.3) is 5.91 Å². The summed E-state index contributed by atoms with van der Waals surface area (Å²) in [7, 11) is 0. The fourth-order valence-corrected chi connectivity index (χ4v) is 6.05. The first-order valence-electron chi connectivity index (χ1n) is 9.35. The molecule has 2 aromatic carbocycles. The average Bonchev–Trinajstić information content (AvgIpc) is 3.28. The number of hydrogen-bond acceptors (Lipinski definition) is 4. The Morgan fingerprint density at radius 3 is 2.73 bits per heavy atom. The van der Waals surface area contributed by atoms with Crippen molar-refractivity contribution in [2.45, 2.75) is 25.4 Å². The van der Waals surface area contributed by atoms with Gasteiger partial charge < -0.3 is 11.1 Å². The molecule has 1 saturated heterocycles. The Labute approximate surface area is 192 Å². The molecule has 1 fully saturated rings. The molecule has 0 spiro atoms. The van der Waals surface area contributed by atoms with E-state index in [1.54, 1.807) is 12.1 Å². The van der Waals surface area contributed by atoms with Crippen LogP contribution in [-0.4, -0.2) is 29.3 Å². The Morgan fingerprint density at radius 1 is 1.20 bits per heavy atom. The number of carbonyl (C=O) groups excluding carboxylic acids is 2. The smallest absolute Gasteiger partial charge is 0.267 e. The monoisotopic (exact) mass is 481 g/mol. The summed E-state index contributed by atoms with van der Waals surface area (Å²) >= 11 is 20.0. The minimum Gasteiger partial charge on any atom is -0.368 e. The lowest BCUT2D eigenvalue weighted by Crippen LogP contribution is -2.39. The van der Waals surface area contributed by atoms with Gasteiger partial charge in [-0.15, -0.1) is 11.3 Å². The van der Waals surface area contributed by atoms with E-state index < -0.39 is 0 Å². The SMILES string of the molecule is NC(=O)C1CCCN1Cc1ccccc1NC(=O)c1sc2cc(Cl)cc(Cl)c2c1Cl. The van der Waals surface area contributed by atoms with E-state index in [9.17, 15) is 9.59 Å². The Bertz CT molecular complexity index is 1150. The van der Waals surface area contributed by atoms with Crippen LogP contribution in [0.4, 0.5) is 5.69 Å². The number of fused-ring (bicyclic) bond motifs is 1. The molecule has 0 aliphatic carbocycles. The van der Waals surface area contributed by atoms with Crippen molar-refractivity contribution in [2.24, 2.45) is 5.73 Å². The van der Waals surface area contributed by atoms with E-state index in [0.717, 1.165) is 29.6 Å². The highest BCUT2D eigenvalue weighted by Gasteiger charge is 2.29. The molecular weight excluding hydrogens is 465 g/mol. The summed E-state index contributed by atoms with van der Waals surface area (Å²) in [5.41, 5.74) is 7.09. The van der Waals surface area contributed by atoms with Crippen LogP contribution in [-0.2, 0) is 11.3 Å². The molecule has 1 atom stereocenters. The number of halogens is 3. The van der Waals surface area contributed by atoms with E-state index >= 15 is 0 Å². The lowest BCUT2D eigenvalue weighted by molar-refractivity contribution is -0.122. The van der Waals surface area contributed by atoms with Gasteiger partial charge in [-0.25, -0.2) is 0 Å². The maximum atomic E-state index is 13.0. The van der Waals surface area contributed by atoms with Gasteiger partial charge in [-0.3, -0.25) is 14.5 Å². The van der Waals surface area contributed by atoms with Crippen LogP contribution in [0.15, 0.2) is 36.4 Å². The zero-order valence-corrected chi connectivity index (χ0v) is 18.8. The minimum atomic E-state index is -0.325. The van der Waals surface area contributed by atoms with E-state index in [1.165, 1.54) is 11.3 Å². The van der Waals surface area contributed by atoms with Gasteiger partial charge in [0.1, 0.15) is 4.88 Å². The summed E-state index contributed by atoms with van der Waals surface area (Å²) in [6.45, 7) is 1.31. The summed E-state index contributed by atoms with van der Waals surface area (Å²) in [6, 6.07) is 10.6.